The molecule has 26 heavy (non-hydrogen) atoms. The van der Waals surface area contributed by atoms with Crippen molar-refractivity contribution in [1.29, 1.82) is 0 Å². The van der Waals surface area contributed by atoms with Crippen LogP contribution in [0.3, 0.4) is 0 Å². The molecule has 1 aromatic rings. The predicted molar refractivity (Wildman–Crippen MR) is 101 cm³/mol. The molecule has 1 heterocycles. The molecule has 9 heteroatoms. The normalized spacial score (nSPS) is 23.3. The average molecular weight is 406 g/mol. The molecule has 0 aromatic carbocycles. The van der Waals surface area contributed by atoms with Crippen LogP contribution in [0, 0.1) is 5.92 Å². The van der Waals surface area contributed by atoms with Crippen LogP contribution in [0.15, 0.2) is 10.6 Å². The molecule has 1 amide bonds. The van der Waals surface area contributed by atoms with Crippen LogP contribution in [0.25, 0.3) is 0 Å². The Labute approximate surface area is 160 Å². The van der Waals surface area contributed by atoms with Crippen LogP contribution in [0.5, 0.6) is 0 Å². The van der Waals surface area contributed by atoms with E-state index in [0.717, 1.165) is 44.3 Å². The first-order chi connectivity index (χ1) is 12.0. The molecule has 0 saturated heterocycles. The van der Waals surface area contributed by atoms with Crippen LogP contribution in [-0.2, 0) is 9.84 Å². The van der Waals surface area contributed by atoms with Crippen molar-refractivity contribution < 1.29 is 17.7 Å². The molecule has 0 atom stereocenters. The van der Waals surface area contributed by atoms with E-state index < -0.39 is 9.84 Å². The van der Waals surface area contributed by atoms with E-state index in [2.05, 4.69) is 10.5 Å². The molecule has 0 bridgehead atoms. The molecule has 1 aromatic heterocycles. The number of hydrogen-bond acceptors (Lipinski definition) is 6. The molecule has 148 valence electrons. The summed E-state index contributed by atoms with van der Waals surface area (Å²) in [7, 11) is -3.02. The summed E-state index contributed by atoms with van der Waals surface area (Å²) in [5, 5.41) is 6.86. The lowest BCUT2D eigenvalue weighted by Crippen LogP contribution is -2.38. The molecule has 0 spiro atoms. The highest BCUT2D eigenvalue weighted by molar-refractivity contribution is 7.91. The number of carbonyl (C=O) groups excluding carboxylic acids is 1. The second-order valence-electron chi connectivity index (χ2n) is 7.34. The molecule has 2 fully saturated rings. The van der Waals surface area contributed by atoms with Gasteiger partial charge in [-0.05, 0) is 57.4 Å². The van der Waals surface area contributed by atoms with Gasteiger partial charge in [-0.25, -0.2) is 8.42 Å². The Bertz CT molecular complexity index is 695. The van der Waals surface area contributed by atoms with Crippen LogP contribution >= 0.6 is 12.4 Å². The Kier molecular flexibility index (Phi) is 7.49. The van der Waals surface area contributed by atoms with E-state index in [1.54, 1.807) is 6.07 Å². The Morgan fingerprint density at radius 3 is 2.54 bits per heavy atom. The van der Waals surface area contributed by atoms with Crippen LogP contribution < -0.4 is 11.1 Å². The second-order valence-corrected chi connectivity index (χ2v) is 9.57. The summed E-state index contributed by atoms with van der Waals surface area (Å²) in [5.74, 6) is 1.64. The van der Waals surface area contributed by atoms with Gasteiger partial charge in [-0.1, -0.05) is 5.16 Å². The fourth-order valence-corrected chi connectivity index (χ4v) is 5.26. The van der Waals surface area contributed by atoms with Gasteiger partial charge in [-0.2, -0.15) is 0 Å². The number of carbonyl (C=O) groups is 1. The molecule has 3 rings (SSSR count). The van der Waals surface area contributed by atoms with Crippen LogP contribution in [-0.4, -0.2) is 43.6 Å². The molecule has 7 nitrogen and oxygen atoms in total. The summed E-state index contributed by atoms with van der Waals surface area (Å²) >= 11 is 0. The van der Waals surface area contributed by atoms with Gasteiger partial charge >= 0.3 is 0 Å². The highest BCUT2D eigenvalue weighted by atomic mass is 35.5. The number of amides is 1. The largest absolute Gasteiger partial charge is 0.360 e. The Balaban J connectivity index is 0.00000243. The average Bonchev–Trinajstić information content (AvgIpc) is 3.31. The van der Waals surface area contributed by atoms with E-state index in [4.69, 9.17) is 10.3 Å². The molecular formula is C17H28ClN3O4S. The number of nitrogens with one attached hydrogen (secondary N) is 1. The molecule has 0 aliphatic heterocycles. The molecule has 0 unspecified atom stereocenters. The van der Waals surface area contributed by atoms with E-state index in [1.807, 2.05) is 0 Å². The van der Waals surface area contributed by atoms with Gasteiger partial charge in [-0.15, -0.1) is 12.4 Å². The summed E-state index contributed by atoms with van der Waals surface area (Å²) in [6, 6.07) is 1.82. The van der Waals surface area contributed by atoms with E-state index in [1.165, 1.54) is 0 Å². The number of sulfone groups is 1. The zero-order valence-electron chi connectivity index (χ0n) is 14.9. The second kappa shape index (κ2) is 9.19. The van der Waals surface area contributed by atoms with E-state index >= 15 is 0 Å². The predicted octanol–water partition coefficient (Wildman–Crippen LogP) is 2.03. The SMILES string of the molecule is Cl.NCCCS(=O)(=O)CC1CCC(NC(=O)c2cc(C3CC3)on2)CC1. The number of aromatic nitrogens is 1. The maximum absolute atomic E-state index is 12.3. The minimum atomic E-state index is -3.02. The van der Waals surface area contributed by atoms with Gasteiger partial charge in [0.25, 0.3) is 5.91 Å². The minimum Gasteiger partial charge on any atom is -0.360 e. The monoisotopic (exact) mass is 405 g/mol. The summed E-state index contributed by atoms with van der Waals surface area (Å²) in [6.45, 7) is 0.405. The highest BCUT2D eigenvalue weighted by Gasteiger charge is 2.30. The molecule has 2 aliphatic rings. The molecule has 2 aliphatic carbocycles. The maximum Gasteiger partial charge on any atom is 0.273 e. The van der Waals surface area contributed by atoms with Crippen molar-refractivity contribution in [3.8, 4) is 0 Å². The summed E-state index contributed by atoms with van der Waals surface area (Å²) in [5.41, 5.74) is 5.73. The van der Waals surface area contributed by atoms with Crippen LogP contribution in [0.1, 0.15) is 67.1 Å². The number of halogens is 1. The van der Waals surface area contributed by atoms with Crippen molar-refractivity contribution in [3.63, 3.8) is 0 Å². The van der Waals surface area contributed by atoms with Gasteiger partial charge in [0.2, 0.25) is 0 Å². The fraction of sp³-hybridized carbons (Fsp3) is 0.765. The smallest absolute Gasteiger partial charge is 0.273 e. The van der Waals surface area contributed by atoms with Gasteiger partial charge in [0, 0.05) is 18.0 Å². The van der Waals surface area contributed by atoms with Crippen molar-refractivity contribution in [1.82, 2.24) is 10.5 Å². The quantitative estimate of drug-likeness (QED) is 0.683. The van der Waals surface area contributed by atoms with Gasteiger partial charge < -0.3 is 15.6 Å². The van der Waals surface area contributed by atoms with Crippen molar-refractivity contribution in [3.05, 3.63) is 17.5 Å². The number of nitrogens with zero attached hydrogens (tertiary/aromatic N) is 1. The standard InChI is InChI=1S/C17H27N3O4S.ClH/c18-8-1-9-25(22,23)11-12-2-6-14(7-3-12)19-17(21)15-10-16(24-20-15)13-4-5-13;/h10,12-14H,1-9,11,18H2,(H,19,21);1H. The Morgan fingerprint density at radius 1 is 1.23 bits per heavy atom. The van der Waals surface area contributed by atoms with E-state index in [0.29, 0.717) is 24.6 Å². The van der Waals surface area contributed by atoms with Crippen molar-refractivity contribution >= 4 is 28.2 Å². The zero-order chi connectivity index (χ0) is 17.9. The number of nitrogens with two attached hydrogens (primary N) is 1. The summed E-state index contributed by atoms with van der Waals surface area (Å²) in [4.78, 5) is 12.3. The first-order valence-electron chi connectivity index (χ1n) is 9.15. The first-order valence-corrected chi connectivity index (χ1v) is 11.0. The van der Waals surface area contributed by atoms with Crippen LogP contribution in [0.2, 0.25) is 0 Å². The maximum atomic E-state index is 12.3. The van der Waals surface area contributed by atoms with Gasteiger partial charge in [0.15, 0.2) is 15.5 Å². The lowest BCUT2D eigenvalue weighted by atomic mass is 9.87. The first kappa shape index (κ1) is 21.2. The van der Waals surface area contributed by atoms with Crippen molar-refractivity contribution in [2.45, 2.75) is 56.9 Å². The topological polar surface area (TPSA) is 115 Å². The van der Waals surface area contributed by atoms with Crippen molar-refractivity contribution in [2.75, 3.05) is 18.1 Å². The van der Waals surface area contributed by atoms with E-state index in [-0.39, 0.29) is 41.8 Å². The van der Waals surface area contributed by atoms with Gasteiger partial charge in [-0.3, -0.25) is 4.79 Å². The molecule has 2 saturated carbocycles. The lowest BCUT2D eigenvalue weighted by molar-refractivity contribution is 0.0914. The van der Waals surface area contributed by atoms with Crippen LogP contribution in [0.4, 0.5) is 0 Å². The third kappa shape index (κ3) is 5.96. The fourth-order valence-electron chi connectivity index (χ4n) is 3.44. The highest BCUT2D eigenvalue weighted by Crippen LogP contribution is 2.40. The summed E-state index contributed by atoms with van der Waals surface area (Å²) < 4.78 is 29.3. The van der Waals surface area contributed by atoms with Crippen molar-refractivity contribution in [2.24, 2.45) is 11.7 Å². The minimum absolute atomic E-state index is 0. The summed E-state index contributed by atoms with van der Waals surface area (Å²) in [6.07, 6.45) is 5.97. The number of rotatable bonds is 8. The molecular weight excluding hydrogens is 378 g/mol. The molecule has 0 radical (unpaired) electrons. The zero-order valence-corrected chi connectivity index (χ0v) is 16.5. The Morgan fingerprint density at radius 2 is 1.92 bits per heavy atom. The van der Waals surface area contributed by atoms with Gasteiger partial charge in [0.1, 0.15) is 5.76 Å². The van der Waals surface area contributed by atoms with E-state index in [9.17, 15) is 13.2 Å². The lowest BCUT2D eigenvalue weighted by Gasteiger charge is -2.28. The number of hydrogen-bond donors (Lipinski definition) is 2. The Hall–Kier alpha value is -1.12. The molecule has 3 N–H and O–H groups in total. The third-order valence-corrected chi connectivity index (χ3v) is 6.96. The van der Waals surface area contributed by atoms with Gasteiger partial charge in [0.05, 0.1) is 11.5 Å². The third-order valence-electron chi connectivity index (χ3n) is 5.07.